The van der Waals surface area contributed by atoms with Gasteiger partial charge in [-0.25, -0.2) is 0 Å². The van der Waals surface area contributed by atoms with E-state index in [1.54, 1.807) is 12.1 Å². The Hall–Kier alpha value is -4.09. The number of carbonyl (C=O) groups is 3. The van der Waals surface area contributed by atoms with Crippen molar-refractivity contribution < 1.29 is 34.3 Å². The molecule has 2 aromatic carbocycles. The van der Waals surface area contributed by atoms with Crippen LogP contribution < -0.4 is 0 Å². The van der Waals surface area contributed by atoms with Crippen molar-refractivity contribution in [3.63, 3.8) is 0 Å². The topological polar surface area (TPSA) is 151 Å². The fraction of sp³-hybridized carbons (Fsp3) is 0.553. The van der Waals surface area contributed by atoms with Crippen LogP contribution in [0.4, 0.5) is 5.69 Å². The molecular formula is C38H47N3O8. The Bertz CT molecular complexity index is 1630. The Morgan fingerprint density at radius 1 is 1.06 bits per heavy atom. The number of piperidine rings is 3. The van der Waals surface area contributed by atoms with Crippen molar-refractivity contribution in [1.29, 1.82) is 0 Å². The summed E-state index contributed by atoms with van der Waals surface area (Å²) in [6, 6.07) is 9.97. The van der Waals surface area contributed by atoms with Gasteiger partial charge in [-0.15, -0.1) is 0 Å². The zero-order valence-electron chi connectivity index (χ0n) is 28.4. The zero-order chi connectivity index (χ0) is 34.8. The lowest BCUT2D eigenvalue weighted by Crippen LogP contribution is -2.64. The summed E-state index contributed by atoms with van der Waals surface area (Å²) in [5, 5.41) is 32.6. The number of phenolic OH excluding ortho intramolecular Hbond substituents is 2. The van der Waals surface area contributed by atoms with Crippen LogP contribution in [0.1, 0.15) is 97.9 Å². The number of ether oxygens (including phenoxy) is 1. The van der Waals surface area contributed by atoms with Crippen LogP contribution in [0.2, 0.25) is 0 Å². The number of rotatable bonds is 11. The number of para-hydroxylation sites is 1. The molecule has 4 aliphatic rings. The van der Waals surface area contributed by atoms with E-state index in [0.29, 0.717) is 36.4 Å². The third kappa shape index (κ3) is 7.28. The number of nitro groups is 1. The first-order valence-corrected chi connectivity index (χ1v) is 17.7. The SMILES string of the molecule is CC(C)=CC[C@@H](OC(=O)CCC[C@H]1[C@@H]2CCCN3CCC[C@H](CN1Cc1ccccc1[N+](=O)[O-])[C@H]23)C1CC(=O)c2c(O)ccc(O)c2C1=O. The molecule has 3 fully saturated rings. The van der Waals surface area contributed by atoms with Crippen molar-refractivity contribution in [2.45, 2.75) is 96.4 Å². The first-order chi connectivity index (χ1) is 23.5. The van der Waals surface area contributed by atoms with Gasteiger partial charge in [0.1, 0.15) is 17.6 Å². The normalized spacial score (nSPS) is 26.0. The fourth-order valence-corrected chi connectivity index (χ4v) is 9.03. The number of ketones is 2. The summed E-state index contributed by atoms with van der Waals surface area (Å²) in [7, 11) is 0. The predicted octanol–water partition coefficient (Wildman–Crippen LogP) is 6.20. The zero-order valence-corrected chi connectivity index (χ0v) is 28.4. The van der Waals surface area contributed by atoms with Crippen LogP contribution in [0.25, 0.3) is 0 Å². The van der Waals surface area contributed by atoms with Gasteiger partial charge in [-0.2, -0.15) is 0 Å². The third-order valence-electron chi connectivity index (χ3n) is 11.1. The van der Waals surface area contributed by atoms with Gasteiger partial charge in [0.15, 0.2) is 11.6 Å². The molecule has 0 spiro atoms. The molecule has 3 saturated heterocycles. The van der Waals surface area contributed by atoms with Crippen LogP contribution >= 0.6 is 0 Å². The summed E-state index contributed by atoms with van der Waals surface area (Å²) in [6.45, 7) is 7.37. The standard InChI is InChI=1S/C38H47N3O8/c1-23(2)14-17-33(27-20-32(44)35-30(42)15-16-31(43)36(35)38(27)46)49-34(45)13-5-12-29-26-10-7-19-39-18-6-9-25(37(26)39)22-40(29)21-24-8-3-4-11-28(24)41(47)48/h3-4,8,11,14-16,25-27,29,33,37,42-43H,5-7,9-10,12-13,17-22H2,1-2H3/t25-,26+,27?,29+,33-,37-/m1/s1. The lowest BCUT2D eigenvalue weighted by atomic mass is 9.69. The summed E-state index contributed by atoms with van der Waals surface area (Å²) >= 11 is 0. The summed E-state index contributed by atoms with van der Waals surface area (Å²) in [4.78, 5) is 56.8. The van der Waals surface area contributed by atoms with Crippen LogP contribution in [0.15, 0.2) is 48.0 Å². The van der Waals surface area contributed by atoms with Gasteiger partial charge >= 0.3 is 5.97 Å². The number of nitrogens with zero attached hydrogens (tertiary/aromatic N) is 3. The molecule has 2 N–H and O–H groups in total. The molecule has 262 valence electrons. The molecular weight excluding hydrogens is 626 g/mol. The van der Waals surface area contributed by atoms with Crippen molar-refractivity contribution in [2.75, 3.05) is 19.6 Å². The predicted molar refractivity (Wildman–Crippen MR) is 182 cm³/mol. The average Bonchev–Trinajstić information content (AvgIpc) is 3.07. The molecule has 0 bridgehead atoms. The number of carbonyl (C=O) groups excluding carboxylic acids is 3. The van der Waals surface area contributed by atoms with E-state index < -0.39 is 29.6 Å². The smallest absolute Gasteiger partial charge is 0.306 e. The van der Waals surface area contributed by atoms with Gasteiger partial charge in [0.05, 0.1) is 22.0 Å². The number of Topliss-reactive ketones (excluding diaryl/α,β-unsaturated/α-hetero) is 2. The van der Waals surface area contributed by atoms with E-state index in [9.17, 15) is 34.7 Å². The fourth-order valence-electron chi connectivity index (χ4n) is 9.03. The number of likely N-dealkylation sites (tertiary alicyclic amines) is 1. The van der Waals surface area contributed by atoms with E-state index in [4.69, 9.17) is 4.74 Å². The first-order valence-electron chi connectivity index (χ1n) is 17.7. The molecule has 1 aliphatic carbocycles. The van der Waals surface area contributed by atoms with Gasteiger partial charge in [-0.05, 0) is 89.4 Å². The highest BCUT2D eigenvalue weighted by Gasteiger charge is 2.48. The largest absolute Gasteiger partial charge is 0.507 e. The number of aromatic hydroxyl groups is 2. The van der Waals surface area contributed by atoms with Crippen molar-refractivity contribution in [1.82, 2.24) is 9.80 Å². The van der Waals surface area contributed by atoms with E-state index in [-0.39, 0.29) is 58.5 Å². The number of phenols is 2. The molecule has 0 radical (unpaired) electrons. The molecule has 11 heteroatoms. The van der Waals surface area contributed by atoms with E-state index in [1.165, 1.54) is 18.6 Å². The lowest BCUT2D eigenvalue weighted by Gasteiger charge is -2.57. The summed E-state index contributed by atoms with van der Waals surface area (Å²) < 4.78 is 5.97. The number of fused-ring (bicyclic) bond motifs is 1. The quantitative estimate of drug-likeness (QED) is 0.0927. The van der Waals surface area contributed by atoms with E-state index in [1.807, 2.05) is 32.1 Å². The van der Waals surface area contributed by atoms with E-state index in [2.05, 4.69) is 9.80 Å². The second-order valence-electron chi connectivity index (χ2n) is 14.5. The monoisotopic (exact) mass is 673 g/mol. The van der Waals surface area contributed by atoms with Crippen molar-refractivity contribution >= 4 is 23.2 Å². The Morgan fingerprint density at radius 3 is 2.51 bits per heavy atom. The van der Waals surface area contributed by atoms with Crippen molar-refractivity contribution in [3.8, 4) is 11.5 Å². The van der Waals surface area contributed by atoms with Crippen LogP contribution in [-0.4, -0.2) is 80.3 Å². The van der Waals surface area contributed by atoms with E-state index in [0.717, 1.165) is 50.9 Å². The maximum absolute atomic E-state index is 13.6. The minimum atomic E-state index is -0.987. The maximum atomic E-state index is 13.6. The molecule has 0 saturated carbocycles. The highest BCUT2D eigenvalue weighted by atomic mass is 16.6. The van der Waals surface area contributed by atoms with Crippen LogP contribution in [-0.2, 0) is 16.1 Å². The third-order valence-corrected chi connectivity index (χ3v) is 11.1. The number of esters is 1. The molecule has 0 amide bonds. The first kappa shape index (κ1) is 34.8. The van der Waals surface area contributed by atoms with Gasteiger partial charge in [0.2, 0.25) is 0 Å². The minimum Gasteiger partial charge on any atom is -0.507 e. The molecule has 0 aromatic heterocycles. The number of benzene rings is 2. The number of nitro benzene ring substituents is 1. The summed E-state index contributed by atoms with van der Waals surface area (Å²) in [5.41, 5.74) is 1.39. The Labute approximate surface area is 287 Å². The molecule has 2 aromatic rings. The Balaban J connectivity index is 1.17. The Kier molecular flexibility index (Phi) is 10.5. The molecule has 3 aliphatic heterocycles. The van der Waals surface area contributed by atoms with Gasteiger partial charge in [-0.1, -0.05) is 29.8 Å². The van der Waals surface area contributed by atoms with E-state index >= 15 is 0 Å². The number of hydrogen-bond donors (Lipinski definition) is 2. The molecule has 6 rings (SSSR count). The van der Waals surface area contributed by atoms with Gasteiger partial charge in [-0.3, -0.25) is 34.3 Å². The number of allylic oxidation sites excluding steroid dienone is 1. The lowest BCUT2D eigenvalue weighted by molar-refractivity contribution is -0.385. The molecule has 11 nitrogen and oxygen atoms in total. The maximum Gasteiger partial charge on any atom is 0.306 e. The summed E-state index contributed by atoms with van der Waals surface area (Å²) in [6.07, 6.45) is 6.89. The summed E-state index contributed by atoms with van der Waals surface area (Å²) in [5.74, 6) is -2.28. The van der Waals surface area contributed by atoms with Gasteiger partial charge in [0, 0.05) is 56.1 Å². The average molecular weight is 674 g/mol. The molecule has 49 heavy (non-hydrogen) atoms. The van der Waals surface area contributed by atoms with Gasteiger partial charge < -0.3 is 14.9 Å². The number of hydrogen-bond acceptors (Lipinski definition) is 10. The second kappa shape index (κ2) is 14.8. The van der Waals surface area contributed by atoms with Crippen LogP contribution in [0.3, 0.4) is 0 Å². The highest BCUT2D eigenvalue weighted by molar-refractivity contribution is 6.17. The van der Waals surface area contributed by atoms with Crippen LogP contribution in [0, 0.1) is 27.9 Å². The van der Waals surface area contributed by atoms with Crippen molar-refractivity contribution in [2.24, 2.45) is 17.8 Å². The molecule has 3 heterocycles. The van der Waals surface area contributed by atoms with Crippen LogP contribution in [0.5, 0.6) is 11.5 Å². The second-order valence-corrected chi connectivity index (χ2v) is 14.5. The van der Waals surface area contributed by atoms with Gasteiger partial charge in [0.25, 0.3) is 5.69 Å². The Morgan fingerprint density at radius 2 is 1.78 bits per heavy atom. The molecule has 1 unspecified atom stereocenters. The van der Waals surface area contributed by atoms with Crippen molar-refractivity contribution in [3.05, 3.63) is 74.9 Å². The molecule has 6 atom stereocenters. The minimum absolute atomic E-state index is 0.128. The highest BCUT2D eigenvalue weighted by Crippen LogP contribution is 2.44.